The summed E-state index contributed by atoms with van der Waals surface area (Å²) in [6.07, 6.45) is 2.10. The molecule has 12 rings (SSSR count). The van der Waals surface area contributed by atoms with Crippen LogP contribution in [-0.2, 0) is 0 Å². The number of aromatic nitrogens is 2. The minimum absolute atomic E-state index is 0.934. The molecule has 0 amide bonds. The molecule has 0 saturated carbocycles. The van der Waals surface area contributed by atoms with Crippen LogP contribution < -0.4 is 0 Å². The van der Waals surface area contributed by atoms with Crippen molar-refractivity contribution < 1.29 is 0 Å². The summed E-state index contributed by atoms with van der Waals surface area (Å²) in [7, 11) is 0. The number of nitrogens with zero attached hydrogens (tertiary/aromatic N) is 2. The Morgan fingerprint density at radius 3 is 1.27 bits per heavy atom. The zero-order chi connectivity index (χ0) is 38.9. The Hall–Kier alpha value is -7.81. The molecular weight excluding hydrogens is 713 g/mol. The fourth-order valence-corrected chi connectivity index (χ4v) is 9.63. The average Bonchev–Trinajstić information content (AvgIpc) is 3.70. The van der Waals surface area contributed by atoms with Crippen molar-refractivity contribution in [2.45, 2.75) is 0 Å². The van der Waals surface area contributed by atoms with Crippen molar-refractivity contribution in [1.82, 2.24) is 9.38 Å². The summed E-state index contributed by atoms with van der Waals surface area (Å²) in [6, 6.07) is 77.4. The van der Waals surface area contributed by atoms with Gasteiger partial charge in [0.2, 0.25) is 0 Å². The number of imidazole rings is 1. The van der Waals surface area contributed by atoms with E-state index in [0.717, 1.165) is 28.2 Å². The fraction of sp³-hybridized carbons (Fsp3) is 0. The third-order valence-electron chi connectivity index (χ3n) is 12.2. The number of benzene rings is 10. The number of rotatable bonds is 5. The second-order valence-electron chi connectivity index (χ2n) is 15.4. The van der Waals surface area contributed by atoms with Crippen LogP contribution >= 0.6 is 0 Å². The molecule has 0 aliphatic rings. The summed E-state index contributed by atoms with van der Waals surface area (Å²) in [5.74, 6) is 0. The van der Waals surface area contributed by atoms with E-state index in [4.69, 9.17) is 4.98 Å². The lowest BCUT2D eigenvalue weighted by Crippen LogP contribution is -1.94. The van der Waals surface area contributed by atoms with Gasteiger partial charge in [-0.1, -0.05) is 194 Å². The molecule has 0 aliphatic heterocycles. The Labute approximate surface area is 341 Å². The monoisotopic (exact) mass is 748 g/mol. The van der Waals surface area contributed by atoms with Gasteiger partial charge in [-0.2, -0.15) is 0 Å². The van der Waals surface area contributed by atoms with Gasteiger partial charge in [-0.3, -0.25) is 4.40 Å². The molecule has 2 nitrogen and oxygen atoms in total. The second-order valence-corrected chi connectivity index (χ2v) is 15.4. The molecule has 59 heavy (non-hydrogen) atoms. The summed E-state index contributed by atoms with van der Waals surface area (Å²) >= 11 is 0. The zero-order valence-corrected chi connectivity index (χ0v) is 32.2. The van der Waals surface area contributed by atoms with Crippen molar-refractivity contribution in [2.24, 2.45) is 0 Å². The molecular formula is C57H36N2. The Balaban J connectivity index is 1.10. The maximum atomic E-state index is 5.16. The number of hydrogen-bond acceptors (Lipinski definition) is 1. The molecule has 0 radical (unpaired) electrons. The van der Waals surface area contributed by atoms with E-state index in [1.807, 2.05) is 0 Å². The molecule has 0 fully saturated rings. The zero-order valence-electron chi connectivity index (χ0n) is 32.2. The highest BCUT2D eigenvalue weighted by atomic mass is 15.0. The molecule has 2 heteroatoms. The highest BCUT2D eigenvalue weighted by Crippen LogP contribution is 2.50. The van der Waals surface area contributed by atoms with Gasteiger partial charge in [-0.05, 0) is 105 Å². The Kier molecular flexibility index (Phi) is 7.57. The van der Waals surface area contributed by atoms with Crippen LogP contribution in [0.4, 0.5) is 0 Å². The lowest BCUT2D eigenvalue weighted by Gasteiger charge is -2.22. The molecule has 12 aromatic rings. The Morgan fingerprint density at radius 1 is 0.288 bits per heavy atom. The highest BCUT2D eigenvalue weighted by Gasteiger charge is 2.23. The first-order valence-electron chi connectivity index (χ1n) is 20.3. The molecule has 10 aromatic carbocycles. The van der Waals surface area contributed by atoms with Gasteiger partial charge in [-0.25, -0.2) is 4.98 Å². The molecule has 2 aromatic heterocycles. The minimum atomic E-state index is 0.934. The standard InChI is InChI=1S/C57H36N2/c1-2-17-40(18-3-1)57-56(58-51-28-14-15-35-59(51)57)39-32-30-38(31-33-39)52-43-20-6-10-24-47(43)54(48-25-11-7-21-44(48)52)55-49-26-12-8-22-45(49)53(46-23-9-13-27-50(46)55)42-34-29-37-16-4-5-19-41(37)36-42/h1-36H. The number of hydrogen-bond donors (Lipinski definition) is 0. The third-order valence-corrected chi connectivity index (χ3v) is 12.2. The number of pyridine rings is 1. The van der Waals surface area contributed by atoms with Crippen molar-refractivity contribution in [3.63, 3.8) is 0 Å². The molecule has 2 heterocycles. The first-order valence-corrected chi connectivity index (χ1v) is 20.3. The van der Waals surface area contributed by atoms with Crippen LogP contribution in [0.3, 0.4) is 0 Å². The molecule has 0 bridgehead atoms. The van der Waals surface area contributed by atoms with E-state index in [0.29, 0.717) is 0 Å². The predicted molar refractivity (Wildman–Crippen MR) is 250 cm³/mol. The van der Waals surface area contributed by atoms with Crippen molar-refractivity contribution in [3.8, 4) is 55.9 Å². The first-order chi connectivity index (χ1) is 29.3. The van der Waals surface area contributed by atoms with Crippen molar-refractivity contribution in [1.29, 1.82) is 0 Å². The highest BCUT2D eigenvalue weighted by molar-refractivity contribution is 6.30. The maximum absolute atomic E-state index is 5.16. The van der Waals surface area contributed by atoms with Crippen molar-refractivity contribution in [3.05, 3.63) is 219 Å². The van der Waals surface area contributed by atoms with Crippen LogP contribution in [0.1, 0.15) is 0 Å². The van der Waals surface area contributed by atoms with E-state index in [-0.39, 0.29) is 0 Å². The van der Waals surface area contributed by atoms with E-state index in [9.17, 15) is 0 Å². The summed E-state index contributed by atoms with van der Waals surface area (Å²) in [5.41, 5.74) is 12.7. The quantitative estimate of drug-likeness (QED) is 0.160. The van der Waals surface area contributed by atoms with E-state index in [1.54, 1.807) is 0 Å². The summed E-state index contributed by atoms with van der Waals surface area (Å²) in [5, 5.41) is 12.5. The molecule has 0 spiro atoms. The van der Waals surface area contributed by atoms with E-state index in [1.165, 1.54) is 87.2 Å². The van der Waals surface area contributed by atoms with Crippen LogP contribution in [0.2, 0.25) is 0 Å². The van der Waals surface area contributed by atoms with Crippen LogP contribution in [0.25, 0.3) is 115 Å². The molecule has 274 valence electrons. The van der Waals surface area contributed by atoms with Gasteiger partial charge in [0.1, 0.15) is 5.65 Å². The van der Waals surface area contributed by atoms with Gasteiger partial charge >= 0.3 is 0 Å². The van der Waals surface area contributed by atoms with Gasteiger partial charge in [0.25, 0.3) is 0 Å². The molecule has 0 saturated heterocycles. The largest absolute Gasteiger partial charge is 0.299 e. The van der Waals surface area contributed by atoms with E-state index >= 15 is 0 Å². The average molecular weight is 749 g/mol. The molecule has 0 aliphatic carbocycles. The van der Waals surface area contributed by atoms with Gasteiger partial charge in [0.15, 0.2) is 0 Å². The third kappa shape index (κ3) is 5.24. The Bertz CT molecular complexity index is 3480. The van der Waals surface area contributed by atoms with Gasteiger partial charge < -0.3 is 0 Å². The van der Waals surface area contributed by atoms with Gasteiger partial charge in [0.05, 0.1) is 11.4 Å². The smallest absolute Gasteiger partial charge is 0.137 e. The van der Waals surface area contributed by atoms with Crippen molar-refractivity contribution >= 4 is 59.5 Å². The molecule has 0 atom stereocenters. The lowest BCUT2D eigenvalue weighted by molar-refractivity contribution is 1.19. The lowest BCUT2D eigenvalue weighted by atomic mass is 9.81. The summed E-state index contributed by atoms with van der Waals surface area (Å²) in [6.45, 7) is 0. The molecule has 0 N–H and O–H groups in total. The van der Waals surface area contributed by atoms with Crippen LogP contribution in [0.15, 0.2) is 219 Å². The predicted octanol–water partition coefficient (Wildman–Crippen LogP) is 15.4. The fourth-order valence-electron chi connectivity index (χ4n) is 9.63. The topological polar surface area (TPSA) is 17.3 Å². The minimum Gasteiger partial charge on any atom is -0.299 e. The molecule has 0 unspecified atom stereocenters. The van der Waals surface area contributed by atoms with Crippen LogP contribution in [0.5, 0.6) is 0 Å². The second kappa shape index (κ2) is 13.4. The van der Waals surface area contributed by atoms with Crippen LogP contribution in [0, 0.1) is 0 Å². The van der Waals surface area contributed by atoms with E-state index < -0.39 is 0 Å². The SMILES string of the molecule is c1ccc(-c2c(-c3ccc(-c4c5ccccc5c(-c5c6ccccc6c(-c6ccc7ccccc7c6)c6ccccc56)c5ccccc45)cc3)nc3ccccn23)cc1. The van der Waals surface area contributed by atoms with Gasteiger partial charge in [0, 0.05) is 17.3 Å². The van der Waals surface area contributed by atoms with Gasteiger partial charge in [-0.15, -0.1) is 0 Å². The normalized spacial score (nSPS) is 11.7. The summed E-state index contributed by atoms with van der Waals surface area (Å²) < 4.78 is 2.19. The maximum Gasteiger partial charge on any atom is 0.137 e. The van der Waals surface area contributed by atoms with Crippen molar-refractivity contribution in [2.75, 3.05) is 0 Å². The number of fused-ring (bicyclic) bond motifs is 6. The van der Waals surface area contributed by atoms with E-state index in [2.05, 4.69) is 223 Å². The first kappa shape index (κ1) is 33.3. The Morgan fingerprint density at radius 2 is 0.712 bits per heavy atom. The summed E-state index contributed by atoms with van der Waals surface area (Å²) in [4.78, 5) is 5.16. The van der Waals surface area contributed by atoms with Crippen LogP contribution in [-0.4, -0.2) is 9.38 Å².